The highest BCUT2D eigenvalue weighted by Gasteiger charge is 2.67. The van der Waals surface area contributed by atoms with E-state index in [1.807, 2.05) is 0 Å². The van der Waals surface area contributed by atoms with Crippen LogP contribution in [0.2, 0.25) is 0 Å². The van der Waals surface area contributed by atoms with Gasteiger partial charge in [0.15, 0.2) is 0 Å². The number of rotatable bonds is 1. The molecule has 1 N–H and O–H groups in total. The number of aromatic hydroxyl groups is 1. The van der Waals surface area contributed by atoms with E-state index in [0.717, 1.165) is 0 Å². The van der Waals surface area contributed by atoms with Crippen LogP contribution < -0.4 is 4.90 Å². The van der Waals surface area contributed by atoms with Crippen LogP contribution in [0, 0.1) is 35.5 Å². The Balaban J connectivity index is 1.60. The molecular formula is C17H15NO3. The first-order chi connectivity index (χ1) is 10.2. The molecule has 2 amide bonds. The summed E-state index contributed by atoms with van der Waals surface area (Å²) in [5, 5.41) is 9.61. The molecular weight excluding hydrogens is 266 g/mol. The lowest BCUT2D eigenvalue weighted by molar-refractivity contribution is -0.124. The van der Waals surface area contributed by atoms with Gasteiger partial charge in [-0.05, 0) is 42.2 Å². The van der Waals surface area contributed by atoms with Gasteiger partial charge in [0.25, 0.3) is 0 Å². The number of carbonyl (C=O) groups is 2. The minimum absolute atomic E-state index is 0.0758. The van der Waals surface area contributed by atoms with Crippen LogP contribution in [-0.4, -0.2) is 16.9 Å². The minimum Gasteiger partial charge on any atom is -0.508 e. The Bertz CT molecular complexity index is 674. The minimum atomic E-state index is -0.182. The zero-order valence-corrected chi connectivity index (χ0v) is 11.3. The Labute approximate surface area is 122 Å². The highest BCUT2D eigenvalue weighted by molar-refractivity contribution is 6.22. The van der Waals surface area contributed by atoms with Crippen molar-refractivity contribution in [2.45, 2.75) is 6.42 Å². The van der Waals surface area contributed by atoms with Crippen LogP contribution >= 0.6 is 0 Å². The number of nitrogens with zero attached hydrogens (tertiary/aromatic N) is 1. The van der Waals surface area contributed by atoms with Crippen LogP contribution in [0.1, 0.15) is 6.42 Å². The molecule has 0 radical (unpaired) electrons. The number of anilines is 1. The van der Waals surface area contributed by atoms with Crippen LogP contribution in [0.25, 0.3) is 0 Å². The number of benzene rings is 1. The highest BCUT2D eigenvalue weighted by atomic mass is 16.3. The molecule has 106 valence electrons. The molecule has 6 atom stereocenters. The second-order valence-electron chi connectivity index (χ2n) is 6.69. The number of carbonyl (C=O) groups excluding carboxylic acids is 2. The van der Waals surface area contributed by atoms with Gasteiger partial charge in [0, 0.05) is 6.07 Å². The van der Waals surface area contributed by atoms with E-state index in [9.17, 15) is 14.7 Å². The van der Waals surface area contributed by atoms with Gasteiger partial charge in [-0.1, -0.05) is 18.2 Å². The summed E-state index contributed by atoms with van der Waals surface area (Å²) in [6, 6.07) is 6.41. The van der Waals surface area contributed by atoms with Crippen LogP contribution in [-0.2, 0) is 9.59 Å². The maximum absolute atomic E-state index is 12.8. The normalized spacial score (nSPS) is 42.2. The molecule has 21 heavy (non-hydrogen) atoms. The smallest absolute Gasteiger partial charge is 0.238 e. The van der Waals surface area contributed by atoms with Crippen molar-refractivity contribution >= 4 is 17.5 Å². The van der Waals surface area contributed by atoms with Gasteiger partial charge in [0.2, 0.25) is 11.8 Å². The van der Waals surface area contributed by atoms with Crippen molar-refractivity contribution in [2.75, 3.05) is 4.90 Å². The van der Waals surface area contributed by atoms with E-state index in [-0.39, 0.29) is 41.2 Å². The summed E-state index contributed by atoms with van der Waals surface area (Å²) in [5.41, 5.74) is 0.493. The summed E-state index contributed by atoms with van der Waals surface area (Å²) in [6.07, 6.45) is 5.50. The third-order valence-electron chi connectivity index (χ3n) is 5.75. The fourth-order valence-corrected chi connectivity index (χ4v) is 4.84. The molecule has 1 aromatic rings. The summed E-state index contributed by atoms with van der Waals surface area (Å²) in [4.78, 5) is 26.9. The molecule has 1 saturated heterocycles. The van der Waals surface area contributed by atoms with E-state index in [2.05, 4.69) is 12.2 Å². The molecule has 1 heterocycles. The lowest BCUT2D eigenvalue weighted by Crippen LogP contribution is -2.40. The molecule has 0 spiro atoms. The zero-order valence-electron chi connectivity index (χ0n) is 11.3. The van der Waals surface area contributed by atoms with Gasteiger partial charge in [-0.25, -0.2) is 4.90 Å². The van der Waals surface area contributed by atoms with E-state index < -0.39 is 0 Å². The maximum Gasteiger partial charge on any atom is 0.238 e. The average Bonchev–Trinajstić information content (AvgIpc) is 3.24. The fraction of sp³-hybridized carbons (Fsp3) is 0.412. The SMILES string of the molecule is O=C1C2C3C=CC(C4CC34)C2C(=O)N1c1cccc(O)c1. The molecule has 6 unspecified atom stereocenters. The molecule has 5 aliphatic rings. The number of imide groups is 1. The molecule has 1 aliphatic heterocycles. The zero-order chi connectivity index (χ0) is 14.3. The second-order valence-corrected chi connectivity index (χ2v) is 6.69. The van der Waals surface area contributed by atoms with Gasteiger partial charge in [0.05, 0.1) is 17.5 Å². The molecule has 2 bridgehead atoms. The Kier molecular flexibility index (Phi) is 1.96. The summed E-state index contributed by atoms with van der Waals surface area (Å²) in [6.45, 7) is 0. The number of amides is 2. The van der Waals surface area contributed by atoms with E-state index in [1.165, 1.54) is 17.4 Å². The van der Waals surface area contributed by atoms with Crippen molar-refractivity contribution in [3.63, 3.8) is 0 Å². The van der Waals surface area contributed by atoms with Gasteiger partial charge >= 0.3 is 0 Å². The third kappa shape index (κ3) is 1.30. The lowest BCUT2D eigenvalue weighted by atomic mass is 9.63. The molecule has 4 nitrogen and oxygen atoms in total. The largest absolute Gasteiger partial charge is 0.508 e. The lowest BCUT2D eigenvalue weighted by Gasteiger charge is -2.37. The molecule has 1 aromatic carbocycles. The number of hydrogen-bond acceptors (Lipinski definition) is 3. The molecule has 2 saturated carbocycles. The van der Waals surface area contributed by atoms with Gasteiger partial charge in [-0.15, -0.1) is 0 Å². The third-order valence-corrected chi connectivity index (χ3v) is 5.75. The van der Waals surface area contributed by atoms with Crippen molar-refractivity contribution in [3.05, 3.63) is 36.4 Å². The van der Waals surface area contributed by atoms with Crippen molar-refractivity contribution in [2.24, 2.45) is 35.5 Å². The number of phenolic OH excluding ortho intramolecular Hbond substituents is 1. The Morgan fingerprint density at radius 3 is 2.19 bits per heavy atom. The predicted molar refractivity (Wildman–Crippen MR) is 75.3 cm³/mol. The quantitative estimate of drug-likeness (QED) is 0.632. The standard InChI is InChI=1S/C17H15NO3/c19-9-3-1-2-8(6-9)18-16(20)14-10-4-5-11(13-7-12(10)13)15(14)17(18)21/h1-6,10-15,19H,7H2. The Morgan fingerprint density at radius 2 is 1.62 bits per heavy atom. The van der Waals surface area contributed by atoms with E-state index in [0.29, 0.717) is 17.5 Å². The summed E-state index contributed by atoms with van der Waals surface area (Å²) in [7, 11) is 0. The van der Waals surface area contributed by atoms with Crippen LogP contribution in [0.15, 0.2) is 36.4 Å². The van der Waals surface area contributed by atoms with Crippen molar-refractivity contribution in [3.8, 4) is 5.75 Å². The summed E-state index contributed by atoms with van der Waals surface area (Å²) in [5.74, 6) is 1.25. The second kappa shape index (κ2) is 3.56. The molecule has 4 aliphatic carbocycles. The van der Waals surface area contributed by atoms with Gasteiger partial charge in [0.1, 0.15) is 5.75 Å². The summed E-state index contributed by atoms with van der Waals surface area (Å²) >= 11 is 0. The molecule has 6 rings (SSSR count). The Hall–Kier alpha value is -2.10. The van der Waals surface area contributed by atoms with Crippen molar-refractivity contribution in [1.29, 1.82) is 0 Å². The predicted octanol–water partition coefficient (Wildman–Crippen LogP) is 1.95. The molecule has 4 heteroatoms. The molecule has 0 aromatic heterocycles. The van der Waals surface area contributed by atoms with Crippen LogP contribution in [0.3, 0.4) is 0 Å². The van der Waals surface area contributed by atoms with E-state index >= 15 is 0 Å². The van der Waals surface area contributed by atoms with E-state index in [4.69, 9.17) is 0 Å². The topological polar surface area (TPSA) is 57.6 Å². The number of hydrogen-bond donors (Lipinski definition) is 1. The van der Waals surface area contributed by atoms with Crippen molar-refractivity contribution < 1.29 is 14.7 Å². The van der Waals surface area contributed by atoms with Crippen LogP contribution in [0.5, 0.6) is 5.75 Å². The first kappa shape index (κ1) is 11.5. The number of phenols is 1. The highest BCUT2D eigenvalue weighted by Crippen LogP contribution is 2.65. The fourth-order valence-electron chi connectivity index (χ4n) is 4.84. The monoisotopic (exact) mass is 281 g/mol. The van der Waals surface area contributed by atoms with Crippen LogP contribution in [0.4, 0.5) is 5.69 Å². The van der Waals surface area contributed by atoms with E-state index in [1.54, 1.807) is 18.2 Å². The maximum atomic E-state index is 12.8. The first-order valence-corrected chi connectivity index (χ1v) is 7.52. The van der Waals surface area contributed by atoms with Gasteiger partial charge < -0.3 is 5.11 Å². The van der Waals surface area contributed by atoms with Crippen molar-refractivity contribution in [1.82, 2.24) is 0 Å². The Morgan fingerprint density at radius 1 is 1.00 bits per heavy atom. The number of allylic oxidation sites excluding steroid dienone is 2. The van der Waals surface area contributed by atoms with Gasteiger partial charge in [-0.3, -0.25) is 9.59 Å². The average molecular weight is 281 g/mol. The molecule has 3 fully saturated rings. The first-order valence-electron chi connectivity index (χ1n) is 7.52. The summed E-state index contributed by atoms with van der Waals surface area (Å²) < 4.78 is 0. The van der Waals surface area contributed by atoms with Gasteiger partial charge in [-0.2, -0.15) is 0 Å².